The van der Waals surface area contributed by atoms with Gasteiger partial charge in [-0.15, -0.1) is 0 Å². The van der Waals surface area contributed by atoms with E-state index in [1.54, 1.807) is 29.2 Å². The number of rotatable bonds is 7. The summed E-state index contributed by atoms with van der Waals surface area (Å²) in [6, 6.07) is 19.8. The highest BCUT2D eigenvalue weighted by Gasteiger charge is 2.34. The van der Waals surface area contributed by atoms with Crippen molar-refractivity contribution in [3.05, 3.63) is 126 Å². The molecule has 218 valence electrons. The Morgan fingerprint density at radius 1 is 0.682 bits per heavy atom. The number of halogens is 3. The molecule has 9 nitrogen and oxygen atoms in total. The minimum atomic E-state index is -4.60. The Hall–Kier alpha value is -5.65. The molecule has 2 aliphatic heterocycles. The number of hydrogen-bond donors (Lipinski definition) is 0. The second-order valence-corrected chi connectivity index (χ2v) is 10.1. The third-order valence-electron chi connectivity index (χ3n) is 7.15. The van der Waals surface area contributed by atoms with Crippen molar-refractivity contribution in [1.29, 1.82) is 0 Å². The van der Waals surface area contributed by atoms with Crippen LogP contribution in [0.5, 0.6) is 0 Å². The van der Waals surface area contributed by atoms with Gasteiger partial charge >= 0.3 is 6.18 Å². The number of pyridine rings is 2. The fraction of sp³-hybridized carbons (Fsp3) is 0.125. The van der Waals surface area contributed by atoms with Gasteiger partial charge in [-0.2, -0.15) is 23.4 Å². The van der Waals surface area contributed by atoms with E-state index in [9.17, 15) is 13.2 Å². The number of aromatic nitrogens is 6. The Morgan fingerprint density at radius 2 is 1.25 bits per heavy atom. The van der Waals surface area contributed by atoms with Crippen molar-refractivity contribution in [3.63, 3.8) is 0 Å². The van der Waals surface area contributed by atoms with Gasteiger partial charge in [-0.25, -0.2) is 19.3 Å². The molecule has 0 aliphatic carbocycles. The first kappa shape index (κ1) is 27.2. The van der Waals surface area contributed by atoms with E-state index in [0.717, 1.165) is 33.4 Å². The molecule has 0 fully saturated rings. The highest BCUT2D eigenvalue weighted by atomic mass is 19.4. The molecule has 0 atom stereocenters. The SMILES string of the molecule is Cc1ccn(-c2nc(N(c3ccccc3)c3ccc(C4=NC=CC4)c(-n4ccc(C(F)(F)F)n4)n3)ccc2C2=NC=CC2)n1. The largest absolute Gasteiger partial charge is 0.435 e. The number of hydrogen-bond acceptors (Lipinski definition) is 7. The van der Waals surface area contributed by atoms with Gasteiger partial charge in [0.1, 0.15) is 11.6 Å². The lowest BCUT2D eigenvalue weighted by molar-refractivity contribution is -0.141. The van der Waals surface area contributed by atoms with E-state index in [0.29, 0.717) is 41.6 Å². The molecule has 4 aromatic heterocycles. The Morgan fingerprint density at radius 3 is 1.73 bits per heavy atom. The summed E-state index contributed by atoms with van der Waals surface area (Å²) in [5.41, 5.74) is 3.53. The van der Waals surface area contributed by atoms with Gasteiger partial charge in [-0.05, 0) is 55.5 Å². The molecule has 0 amide bonds. The van der Waals surface area contributed by atoms with Gasteiger partial charge < -0.3 is 0 Å². The zero-order chi connectivity index (χ0) is 30.3. The molecule has 0 N–H and O–H groups in total. The van der Waals surface area contributed by atoms with Crippen molar-refractivity contribution in [2.45, 2.75) is 25.9 Å². The number of para-hydroxylation sites is 1. The van der Waals surface area contributed by atoms with Gasteiger partial charge in [-0.1, -0.05) is 30.4 Å². The second kappa shape index (κ2) is 10.9. The third kappa shape index (κ3) is 5.10. The van der Waals surface area contributed by atoms with Crippen LogP contribution < -0.4 is 4.90 Å². The normalized spacial score (nSPS) is 14.3. The molecule has 0 unspecified atom stereocenters. The van der Waals surface area contributed by atoms with E-state index in [1.807, 2.05) is 78.7 Å². The summed E-state index contributed by atoms with van der Waals surface area (Å²) in [5, 5.41) is 8.44. The number of benzene rings is 1. The van der Waals surface area contributed by atoms with E-state index >= 15 is 0 Å². The number of aliphatic imine (C=N–C) groups is 2. The van der Waals surface area contributed by atoms with Crippen LogP contribution >= 0.6 is 0 Å². The van der Waals surface area contributed by atoms with E-state index in [-0.39, 0.29) is 5.82 Å². The van der Waals surface area contributed by atoms with Gasteiger partial charge in [0.05, 0.1) is 17.1 Å². The topological polar surface area (TPSA) is 89.4 Å². The Balaban J connectivity index is 1.41. The summed E-state index contributed by atoms with van der Waals surface area (Å²) in [6.45, 7) is 1.90. The fourth-order valence-corrected chi connectivity index (χ4v) is 5.09. The Bertz CT molecular complexity index is 1980. The molecular formula is C32H24F3N9. The lowest BCUT2D eigenvalue weighted by atomic mass is 10.1. The maximum Gasteiger partial charge on any atom is 0.435 e. The molecule has 0 saturated carbocycles. The van der Waals surface area contributed by atoms with Crippen LogP contribution in [-0.4, -0.2) is 41.0 Å². The van der Waals surface area contributed by atoms with Crippen LogP contribution in [0.1, 0.15) is 35.4 Å². The number of nitrogens with zero attached hydrogens (tertiary/aromatic N) is 9. The lowest BCUT2D eigenvalue weighted by Gasteiger charge is -2.25. The highest BCUT2D eigenvalue weighted by molar-refractivity contribution is 6.06. The average Bonchev–Trinajstić information content (AvgIpc) is 3.85. The summed E-state index contributed by atoms with van der Waals surface area (Å²) in [5.74, 6) is 1.75. The van der Waals surface area contributed by atoms with Gasteiger partial charge in [0, 0.05) is 54.4 Å². The third-order valence-corrected chi connectivity index (χ3v) is 7.15. The van der Waals surface area contributed by atoms with Crippen molar-refractivity contribution in [2.24, 2.45) is 9.98 Å². The van der Waals surface area contributed by atoms with Gasteiger partial charge in [0.25, 0.3) is 0 Å². The van der Waals surface area contributed by atoms with Crippen LogP contribution in [0, 0.1) is 6.92 Å². The van der Waals surface area contributed by atoms with Crippen LogP contribution in [0.25, 0.3) is 11.6 Å². The molecule has 2 aliphatic rings. The molecule has 6 heterocycles. The summed E-state index contributed by atoms with van der Waals surface area (Å²) in [7, 11) is 0. The summed E-state index contributed by atoms with van der Waals surface area (Å²) in [4.78, 5) is 20.7. The van der Waals surface area contributed by atoms with Gasteiger partial charge in [-0.3, -0.25) is 14.9 Å². The van der Waals surface area contributed by atoms with Gasteiger partial charge in [0.2, 0.25) is 0 Å². The lowest BCUT2D eigenvalue weighted by Crippen LogP contribution is -2.18. The van der Waals surface area contributed by atoms with Crippen molar-refractivity contribution < 1.29 is 13.2 Å². The quantitative estimate of drug-likeness (QED) is 0.202. The van der Waals surface area contributed by atoms with Crippen LogP contribution in [0.2, 0.25) is 0 Å². The zero-order valence-electron chi connectivity index (χ0n) is 23.4. The van der Waals surface area contributed by atoms with Gasteiger partial charge in [0.15, 0.2) is 17.3 Å². The van der Waals surface area contributed by atoms with E-state index < -0.39 is 11.9 Å². The average molecular weight is 592 g/mol. The van der Waals surface area contributed by atoms with Crippen molar-refractivity contribution >= 4 is 28.7 Å². The van der Waals surface area contributed by atoms with Crippen LogP contribution in [-0.2, 0) is 6.18 Å². The Kier molecular flexibility index (Phi) is 6.73. The molecule has 1 aromatic carbocycles. The molecule has 0 bridgehead atoms. The first-order valence-electron chi connectivity index (χ1n) is 13.8. The highest BCUT2D eigenvalue weighted by Crippen LogP contribution is 2.35. The molecule has 7 rings (SSSR count). The number of aryl methyl sites for hydroxylation is 1. The molecule has 0 radical (unpaired) electrons. The van der Waals surface area contributed by atoms with Crippen molar-refractivity contribution in [3.8, 4) is 11.6 Å². The molecule has 44 heavy (non-hydrogen) atoms. The standard InChI is InChI=1S/C32H24F3N9/c1-21-15-19-42(40-21)30-23(25-9-5-17-36-25)11-13-28(38-30)44(22-7-3-2-4-8-22)29-14-12-24(26-10-6-18-37-26)31(39-29)43-20-16-27(41-43)32(33,34)35/h2-8,11-20H,9-10H2,1H3. The first-order chi connectivity index (χ1) is 21.3. The molecule has 0 spiro atoms. The van der Waals surface area contributed by atoms with Crippen LogP contribution in [0.4, 0.5) is 30.5 Å². The first-order valence-corrected chi connectivity index (χ1v) is 13.8. The van der Waals surface area contributed by atoms with E-state index in [1.165, 1.54) is 6.20 Å². The maximum atomic E-state index is 13.5. The number of allylic oxidation sites excluding steroid dienone is 2. The minimum absolute atomic E-state index is 0.215. The van der Waals surface area contributed by atoms with E-state index in [2.05, 4.69) is 20.2 Å². The smallest absolute Gasteiger partial charge is 0.279 e. The summed E-state index contributed by atoms with van der Waals surface area (Å²) < 4.78 is 43.4. The second-order valence-electron chi connectivity index (χ2n) is 10.1. The van der Waals surface area contributed by atoms with Crippen LogP contribution in [0.15, 0.2) is 114 Å². The number of alkyl halides is 3. The number of anilines is 3. The Labute approximate surface area is 250 Å². The zero-order valence-corrected chi connectivity index (χ0v) is 23.4. The molecule has 12 heteroatoms. The van der Waals surface area contributed by atoms with Crippen molar-refractivity contribution in [2.75, 3.05) is 4.90 Å². The fourth-order valence-electron chi connectivity index (χ4n) is 5.09. The summed E-state index contributed by atoms with van der Waals surface area (Å²) in [6.07, 6.45) is 7.00. The molecule has 0 saturated heterocycles. The predicted molar refractivity (Wildman–Crippen MR) is 161 cm³/mol. The van der Waals surface area contributed by atoms with Crippen molar-refractivity contribution in [1.82, 2.24) is 29.5 Å². The summed E-state index contributed by atoms with van der Waals surface area (Å²) >= 11 is 0. The molecular weight excluding hydrogens is 567 g/mol. The maximum absolute atomic E-state index is 13.5. The molecule has 5 aromatic rings. The minimum Gasteiger partial charge on any atom is -0.279 e. The van der Waals surface area contributed by atoms with Crippen LogP contribution in [0.3, 0.4) is 0 Å². The predicted octanol–water partition coefficient (Wildman–Crippen LogP) is 7.06. The van der Waals surface area contributed by atoms with E-state index in [4.69, 9.17) is 9.97 Å². The monoisotopic (exact) mass is 591 g/mol.